The highest BCUT2D eigenvalue weighted by atomic mass is 15.2. The van der Waals surface area contributed by atoms with Gasteiger partial charge in [-0.25, -0.2) is 0 Å². The molecule has 1 fully saturated rings. The van der Waals surface area contributed by atoms with Crippen molar-refractivity contribution in [1.29, 1.82) is 0 Å². The maximum atomic E-state index is 3.86. The first-order chi connectivity index (χ1) is 10.7. The third-order valence-corrected chi connectivity index (χ3v) is 5.41. The van der Waals surface area contributed by atoms with Crippen LogP contribution in [-0.4, -0.2) is 48.1 Å². The van der Waals surface area contributed by atoms with Crippen LogP contribution in [0.15, 0.2) is 18.2 Å². The van der Waals surface area contributed by atoms with E-state index in [4.69, 9.17) is 0 Å². The first-order valence-electron chi connectivity index (χ1n) is 9.01. The van der Waals surface area contributed by atoms with Crippen molar-refractivity contribution in [3.8, 4) is 0 Å². The molecule has 0 aromatic heterocycles. The first-order valence-corrected chi connectivity index (χ1v) is 9.01. The smallest absolute Gasteiger partial charge is 0.0378 e. The number of nitrogens with zero attached hydrogens (tertiary/aromatic N) is 2. The second-order valence-electron chi connectivity index (χ2n) is 7.11. The lowest BCUT2D eigenvalue weighted by molar-refractivity contribution is 0.177. The van der Waals surface area contributed by atoms with Crippen LogP contribution in [0, 0.1) is 0 Å². The zero-order valence-corrected chi connectivity index (χ0v) is 14.4. The molecule has 22 heavy (non-hydrogen) atoms. The van der Waals surface area contributed by atoms with Gasteiger partial charge in [0.05, 0.1) is 0 Å². The molecule has 1 aromatic carbocycles. The minimum atomic E-state index is 0.644. The SMILES string of the molecule is CCN1CCc2c(cccc2NC2CCN(C(C)C)CC2)C1. The van der Waals surface area contributed by atoms with Gasteiger partial charge in [-0.3, -0.25) is 4.90 Å². The number of anilines is 1. The Bertz CT molecular complexity index is 489. The highest BCUT2D eigenvalue weighted by molar-refractivity contribution is 5.56. The Hall–Kier alpha value is -1.06. The van der Waals surface area contributed by atoms with Crippen molar-refractivity contribution in [2.24, 2.45) is 0 Å². The summed E-state index contributed by atoms with van der Waals surface area (Å²) in [5, 5.41) is 3.86. The van der Waals surface area contributed by atoms with Crippen molar-refractivity contribution >= 4 is 5.69 Å². The standard InChI is InChI=1S/C19H31N3/c1-4-21-11-10-18-16(14-21)6-5-7-19(18)20-17-8-12-22(13-9-17)15(2)3/h5-7,15,17,20H,4,8-14H2,1-3H3. The Morgan fingerprint density at radius 1 is 1.18 bits per heavy atom. The van der Waals surface area contributed by atoms with Gasteiger partial charge < -0.3 is 10.2 Å². The Labute approximate surface area is 135 Å². The molecule has 2 aliphatic rings. The molecule has 1 N–H and O–H groups in total. The number of hydrogen-bond acceptors (Lipinski definition) is 3. The average molecular weight is 301 g/mol. The van der Waals surface area contributed by atoms with Crippen LogP contribution in [0.2, 0.25) is 0 Å². The van der Waals surface area contributed by atoms with E-state index in [1.54, 1.807) is 5.56 Å². The quantitative estimate of drug-likeness (QED) is 0.920. The molecule has 0 bridgehead atoms. The van der Waals surface area contributed by atoms with E-state index in [-0.39, 0.29) is 0 Å². The molecular weight excluding hydrogens is 270 g/mol. The van der Waals surface area contributed by atoms with E-state index in [1.165, 1.54) is 50.1 Å². The van der Waals surface area contributed by atoms with Gasteiger partial charge in [0.25, 0.3) is 0 Å². The van der Waals surface area contributed by atoms with Crippen LogP contribution in [0.4, 0.5) is 5.69 Å². The van der Waals surface area contributed by atoms with Crippen molar-refractivity contribution in [1.82, 2.24) is 9.80 Å². The van der Waals surface area contributed by atoms with Crippen LogP contribution in [0.3, 0.4) is 0 Å². The van der Waals surface area contributed by atoms with E-state index in [9.17, 15) is 0 Å². The number of likely N-dealkylation sites (N-methyl/N-ethyl adjacent to an activating group) is 1. The number of piperidine rings is 1. The summed E-state index contributed by atoms with van der Waals surface area (Å²) < 4.78 is 0. The molecule has 0 atom stereocenters. The van der Waals surface area contributed by atoms with Gasteiger partial charge in [0.15, 0.2) is 0 Å². The molecule has 2 aliphatic heterocycles. The summed E-state index contributed by atoms with van der Waals surface area (Å²) in [6.07, 6.45) is 3.73. The topological polar surface area (TPSA) is 18.5 Å². The van der Waals surface area contributed by atoms with Gasteiger partial charge in [0.2, 0.25) is 0 Å². The molecule has 0 saturated carbocycles. The fourth-order valence-electron chi connectivity index (χ4n) is 3.85. The summed E-state index contributed by atoms with van der Waals surface area (Å²) in [6, 6.07) is 8.15. The zero-order valence-electron chi connectivity index (χ0n) is 14.4. The minimum Gasteiger partial charge on any atom is -0.382 e. The van der Waals surface area contributed by atoms with E-state index < -0.39 is 0 Å². The number of hydrogen-bond donors (Lipinski definition) is 1. The molecule has 0 unspecified atom stereocenters. The average Bonchev–Trinajstić information content (AvgIpc) is 2.55. The summed E-state index contributed by atoms with van der Waals surface area (Å²) in [5.41, 5.74) is 4.49. The number of benzene rings is 1. The maximum Gasteiger partial charge on any atom is 0.0378 e. The Morgan fingerprint density at radius 2 is 1.95 bits per heavy atom. The Kier molecular flexibility index (Phi) is 5.04. The first kappa shape index (κ1) is 15.8. The number of fused-ring (bicyclic) bond motifs is 1. The predicted molar refractivity (Wildman–Crippen MR) is 94.5 cm³/mol. The number of likely N-dealkylation sites (tertiary alicyclic amines) is 1. The molecule has 0 radical (unpaired) electrons. The normalized spacial score (nSPS) is 21.1. The van der Waals surface area contributed by atoms with Gasteiger partial charge in [-0.1, -0.05) is 19.1 Å². The van der Waals surface area contributed by atoms with Crippen molar-refractivity contribution in [2.45, 2.75) is 58.7 Å². The van der Waals surface area contributed by atoms with Crippen LogP contribution in [-0.2, 0) is 13.0 Å². The van der Waals surface area contributed by atoms with Crippen LogP contribution in [0.5, 0.6) is 0 Å². The molecule has 1 aromatic rings. The lowest BCUT2D eigenvalue weighted by Gasteiger charge is -2.36. The maximum absolute atomic E-state index is 3.86. The monoisotopic (exact) mass is 301 g/mol. The third kappa shape index (κ3) is 3.47. The molecule has 2 heterocycles. The van der Waals surface area contributed by atoms with E-state index in [0.29, 0.717) is 12.1 Å². The van der Waals surface area contributed by atoms with E-state index in [0.717, 1.165) is 13.1 Å². The second-order valence-corrected chi connectivity index (χ2v) is 7.11. The lowest BCUT2D eigenvalue weighted by Crippen LogP contribution is -2.42. The van der Waals surface area contributed by atoms with Gasteiger partial charge in [-0.15, -0.1) is 0 Å². The molecule has 3 rings (SSSR count). The molecule has 122 valence electrons. The van der Waals surface area contributed by atoms with Crippen molar-refractivity contribution in [3.05, 3.63) is 29.3 Å². The number of rotatable bonds is 4. The van der Waals surface area contributed by atoms with Crippen molar-refractivity contribution in [2.75, 3.05) is 31.5 Å². The minimum absolute atomic E-state index is 0.644. The summed E-state index contributed by atoms with van der Waals surface area (Å²) >= 11 is 0. The predicted octanol–water partition coefficient (Wildman–Crippen LogP) is 3.35. The lowest BCUT2D eigenvalue weighted by atomic mass is 9.96. The van der Waals surface area contributed by atoms with Crippen LogP contribution in [0.1, 0.15) is 44.7 Å². The molecule has 0 amide bonds. The molecule has 3 nitrogen and oxygen atoms in total. The fraction of sp³-hybridized carbons (Fsp3) is 0.684. The van der Waals surface area contributed by atoms with Gasteiger partial charge in [0, 0.05) is 44.0 Å². The molecule has 1 saturated heterocycles. The van der Waals surface area contributed by atoms with Crippen molar-refractivity contribution in [3.63, 3.8) is 0 Å². The van der Waals surface area contributed by atoms with Crippen LogP contribution >= 0.6 is 0 Å². The number of nitrogens with one attached hydrogen (secondary N) is 1. The highest BCUT2D eigenvalue weighted by Gasteiger charge is 2.23. The van der Waals surface area contributed by atoms with E-state index in [1.807, 2.05) is 0 Å². The van der Waals surface area contributed by atoms with Crippen molar-refractivity contribution < 1.29 is 0 Å². The molecule has 0 aliphatic carbocycles. The Balaban J connectivity index is 1.64. The van der Waals surface area contributed by atoms with Gasteiger partial charge in [-0.05, 0) is 56.8 Å². The third-order valence-electron chi connectivity index (χ3n) is 5.41. The second kappa shape index (κ2) is 7.01. The van der Waals surface area contributed by atoms with E-state index in [2.05, 4.69) is 54.1 Å². The summed E-state index contributed by atoms with van der Waals surface area (Å²) in [6.45, 7) is 12.8. The Morgan fingerprint density at radius 3 is 2.64 bits per heavy atom. The summed E-state index contributed by atoms with van der Waals surface area (Å²) in [5.74, 6) is 0. The van der Waals surface area contributed by atoms with Gasteiger partial charge in [-0.2, -0.15) is 0 Å². The fourth-order valence-corrected chi connectivity index (χ4v) is 3.85. The van der Waals surface area contributed by atoms with E-state index >= 15 is 0 Å². The summed E-state index contributed by atoms with van der Waals surface area (Å²) in [7, 11) is 0. The van der Waals surface area contributed by atoms with Gasteiger partial charge in [0.1, 0.15) is 0 Å². The molecule has 0 spiro atoms. The molecule has 3 heteroatoms. The van der Waals surface area contributed by atoms with Crippen LogP contribution < -0.4 is 5.32 Å². The summed E-state index contributed by atoms with van der Waals surface area (Å²) in [4.78, 5) is 5.13. The highest BCUT2D eigenvalue weighted by Crippen LogP contribution is 2.28. The van der Waals surface area contributed by atoms with Gasteiger partial charge >= 0.3 is 0 Å². The van der Waals surface area contributed by atoms with Crippen LogP contribution in [0.25, 0.3) is 0 Å². The largest absolute Gasteiger partial charge is 0.382 e. The zero-order chi connectivity index (χ0) is 15.5. The molecular formula is C19H31N3.